The van der Waals surface area contributed by atoms with E-state index in [-0.39, 0.29) is 23.7 Å². The summed E-state index contributed by atoms with van der Waals surface area (Å²) in [6.45, 7) is -0.485. The summed E-state index contributed by atoms with van der Waals surface area (Å²) in [5.74, 6) is -3.25. The van der Waals surface area contributed by atoms with E-state index >= 15 is 0 Å². The largest absolute Gasteiger partial charge is 0.489 e. The number of anilines is 1. The van der Waals surface area contributed by atoms with Crippen molar-refractivity contribution in [2.45, 2.75) is 6.61 Å². The summed E-state index contributed by atoms with van der Waals surface area (Å²) in [6.07, 6.45) is 0. The summed E-state index contributed by atoms with van der Waals surface area (Å²) in [4.78, 5) is 24.0. The van der Waals surface area contributed by atoms with Crippen molar-refractivity contribution in [1.29, 1.82) is 0 Å². The molecular weight excluding hydrogens is 399 g/mol. The normalized spacial score (nSPS) is 10.4. The van der Waals surface area contributed by atoms with Gasteiger partial charge in [-0.05, 0) is 48.0 Å². The van der Waals surface area contributed by atoms with Gasteiger partial charge in [-0.1, -0.05) is 18.2 Å². The number of ether oxygens (including phenoxy) is 2. The lowest BCUT2D eigenvalue weighted by atomic mass is 10.2. The first-order valence-electron chi connectivity index (χ1n) is 8.80. The molecule has 1 N–H and O–H groups in total. The highest BCUT2D eigenvalue weighted by molar-refractivity contribution is 5.95. The maximum Gasteiger partial charge on any atom is 0.338 e. The van der Waals surface area contributed by atoms with E-state index in [2.05, 4.69) is 5.32 Å². The summed E-state index contributed by atoms with van der Waals surface area (Å²) in [7, 11) is 0. The maximum atomic E-state index is 13.5. The lowest BCUT2D eigenvalue weighted by Crippen LogP contribution is -2.21. The Bertz CT molecular complexity index is 1050. The third-order valence-electron chi connectivity index (χ3n) is 3.93. The topological polar surface area (TPSA) is 64.6 Å². The van der Waals surface area contributed by atoms with Gasteiger partial charge in [0.15, 0.2) is 6.61 Å². The summed E-state index contributed by atoms with van der Waals surface area (Å²) in [6, 6.07) is 14.6. The highest BCUT2D eigenvalue weighted by atomic mass is 19.1. The van der Waals surface area contributed by atoms with E-state index < -0.39 is 30.1 Å². The van der Waals surface area contributed by atoms with Crippen LogP contribution >= 0.6 is 0 Å². The molecule has 0 aliphatic rings. The van der Waals surface area contributed by atoms with Gasteiger partial charge in [0.2, 0.25) is 0 Å². The standard InChI is InChI=1S/C22H16F3NO4/c23-16-6-4-14(5-7-16)12-29-18-3-1-2-15(10-18)22(28)30-13-21(27)26-20-9-8-17(24)11-19(20)25/h1-11H,12-13H2,(H,26,27). The molecule has 0 spiro atoms. The van der Waals surface area contributed by atoms with Gasteiger partial charge in [0.25, 0.3) is 5.91 Å². The van der Waals surface area contributed by atoms with Gasteiger partial charge in [-0.25, -0.2) is 18.0 Å². The van der Waals surface area contributed by atoms with Gasteiger partial charge in [-0.3, -0.25) is 4.79 Å². The zero-order valence-electron chi connectivity index (χ0n) is 15.5. The first-order chi connectivity index (χ1) is 14.4. The Morgan fingerprint density at radius 1 is 0.867 bits per heavy atom. The molecule has 3 rings (SSSR count). The first kappa shape index (κ1) is 20.9. The summed E-state index contributed by atoms with van der Waals surface area (Å²) < 4.78 is 49.8. The van der Waals surface area contributed by atoms with Gasteiger partial charge in [0.1, 0.15) is 29.8 Å². The molecule has 0 saturated carbocycles. The van der Waals surface area contributed by atoms with Crippen LogP contribution < -0.4 is 10.1 Å². The number of nitrogens with one attached hydrogen (secondary N) is 1. The average Bonchev–Trinajstić information content (AvgIpc) is 2.74. The molecule has 0 bridgehead atoms. The van der Waals surface area contributed by atoms with E-state index in [0.717, 1.165) is 17.7 Å². The molecule has 0 unspecified atom stereocenters. The number of hydrogen-bond acceptors (Lipinski definition) is 4. The SMILES string of the molecule is O=C(COC(=O)c1cccc(OCc2ccc(F)cc2)c1)Nc1ccc(F)cc1F. The van der Waals surface area contributed by atoms with E-state index in [1.807, 2.05) is 0 Å². The number of halogens is 3. The number of benzene rings is 3. The van der Waals surface area contributed by atoms with E-state index in [4.69, 9.17) is 9.47 Å². The van der Waals surface area contributed by atoms with Gasteiger partial charge in [0.05, 0.1) is 11.3 Å². The van der Waals surface area contributed by atoms with Crippen LogP contribution in [0.25, 0.3) is 0 Å². The van der Waals surface area contributed by atoms with E-state index in [1.165, 1.54) is 24.3 Å². The van der Waals surface area contributed by atoms with Crippen molar-refractivity contribution in [2.24, 2.45) is 0 Å². The van der Waals surface area contributed by atoms with Crippen LogP contribution in [0.1, 0.15) is 15.9 Å². The lowest BCUT2D eigenvalue weighted by molar-refractivity contribution is -0.119. The third-order valence-corrected chi connectivity index (χ3v) is 3.93. The molecule has 5 nitrogen and oxygen atoms in total. The van der Waals surface area contributed by atoms with Crippen molar-refractivity contribution in [2.75, 3.05) is 11.9 Å². The fourth-order valence-corrected chi connectivity index (χ4v) is 2.45. The van der Waals surface area contributed by atoms with E-state index in [9.17, 15) is 22.8 Å². The van der Waals surface area contributed by atoms with Gasteiger partial charge in [-0.15, -0.1) is 0 Å². The Kier molecular flexibility index (Phi) is 6.69. The quantitative estimate of drug-likeness (QED) is 0.578. The monoisotopic (exact) mass is 415 g/mol. The molecule has 8 heteroatoms. The second kappa shape index (κ2) is 9.60. The first-order valence-corrected chi connectivity index (χ1v) is 8.80. The number of rotatable bonds is 7. The van der Waals surface area contributed by atoms with Crippen LogP contribution in [0.2, 0.25) is 0 Å². The van der Waals surface area contributed by atoms with Crippen molar-refractivity contribution >= 4 is 17.6 Å². The minimum absolute atomic E-state index is 0.146. The molecule has 0 radical (unpaired) electrons. The zero-order valence-corrected chi connectivity index (χ0v) is 15.5. The number of carbonyl (C=O) groups is 2. The second-order valence-electron chi connectivity index (χ2n) is 6.19. The maximum absolute atomic E-state index is 13.5. The van der Waals surface area contributed by atoms with Gasteiger partial charge < -0.3 is 14.8 Å². The molecule has 0 fully saturated rings. The number of hydrogen-bond donors (Lipinski definition) is 1. The Morgan fingerprint density at radius 2 is 1.60 bits per heavy atom. The predicted octanol–water partition coefficient (Wildman–Crippen LogP) is 4.48. The third kappa shape index (κ3) is 5.84. The van der Waals surface area contributed by atoms with E-state index in [1.54, 1.807) is 24.3 Å². The fraction of sp³-hybridized carbons (Fsp3) is 0.0909. The van der Waals surface area contributed by atoms with Crippen LogP contribution in [0, 0.1) is 17.5 Å². The van der Waals surface area contributed by atoms with Gasteiger partial charge in [-0.2, -0.15) is 0 Å². The van der Waals surface area contributed by atoms with Crippen LogP contribution in [0.4, 0.5) is 18.9 Å². The summed E-state index contributed by atoms with van der Waals surface area (Å²) in [5.41, 5.74) is 0.662. The predicted molar refractivity (Wildman–Crippen MR) is 102 cm³/mol. The molecule has 0 atom stereocenters. The molecule has 0 saturated heterocycles. The molecule has 0 aromatic heterocycles. The van der Waals surface area contributed by atoms with Crippen molar-refractivity contribution in [1.82, 2.24) is 0 Å². The van der Waals surface area contributed by atoms with Crippen molar-refractivity contribution in [3.8, 4) is 5.75 Å². The molecule has 1 amide bonds. The highest BCUT2D eigenvalue weighted by Crippen LogP contribution is 2.17. The molecular formula is C22H16F3NO4. The van der Waals surface area contributed by atoms with Crippen LogP contribution in [0.3, 0.4) is 0 Å². The zero-order chi connectivity index (χ0) is 21.5. The number of amides is 1. The number of carbonyl (C=O) groups excluding carboxylic acids is 2. The van der Waals surface area contributed by atoms with Crippen LogP contribution in [0.15, 0.2) is 66.7 Å². The Hall–Kier alpha value is -3.81. The molecule has 3 aromatic rings. The average molecular weight is 415 g/mol. The summed E-state index contributed by atoms with van der Waals surface area (Å²) >= 11 is 0. The van der Waals surface area contributed by atoms with Crippen molar-refractivity contribution < 1.29 is 32.2 Å². The van der Waals surface area contributed by atoms with Gasteiger partial charge in [0, 0.05) is 6.07 Å². The Morgan fingerprint density at radius 3 is 2.33 bits per heavy atom. The minimum Gasteiger partial charge on any atom is -0.489 e. The molecule has 154 valence electrons. The van der Waals surface area contributed by atoms with Crippen LogP contribution in [-0.2, 0) is 16.1 Å². The molecule has 30 heavy (non-hydrogen) atoms. The Balaban J connectivity index is 1.53. The molecule has 0 aliphatic heterocycles. The lowest BCUT2D eigenvalue weighted by Gasteiger charge is -2.09. The number of esters is 1. The molecule has 3 aromatic carbocycles. The second-order valence-corrected chi connectivity index (χ2v) is 6.19. The molecule has 0 heterocycles. The smallest absolute Gasteiger partial charge is 0.338 e. The minimum atomic E-state index is -0.944. The molecule has 0 aliphatic carbocycles. The van der Waals surface area contributed by atoms with Crippen LogP contribution in [-0.4, -0.2) is 18.5 Å². The van der Waals surface area contributed by atoms with E-state index in [0.29, 0.717) is 11.8 Å². The Labute approximate surface area is 170 Å². The van der Waals surface area contributed by atoms with Crippen LogP contribution in [0.5, 0.6) is 5.75 Å². The fourth-order valence-electron chi connectivity index (χ4n) is 2.45. The summed E-state index contributed by atoms with van der Waals surface area (Å²) in [5, 5.41) is 2.19. The van der Waals surface area contributed by atoms with Crippen molar-refractivity contribution in [3.05, 3.63) is 95.3 Å². The highest BCUT2D eigenvalue weighted by Gasteiger charge is 2.13. The van der Waals surface area contributed by atoms with Crippen molar-refractivity contribution in [3.63, 3.8) is 0 Å². The van der Waals surface area contributed by atoms with Gasteiger partial charge >= 0.3 is 5.97 Å².